The Labute approximate surface area is 131 Å². The smallest absolute Gasteiger partial charge is 0.151 e. The quantitative estimate of drug-likeness (QED) is 0.848. The summed E-state index contributed by atoms with van der Waals surface area (Å²) in [4.78, 5) is 0. The van der Waals surface area contributed by atoms with Crippen LogP contribution in [0.5, 0.6) is 11.5 Å². The van der Waals surface area contributed by atoms with Crippen LogP contribution in [0, 0.1) is 11.3 Å². The summed E-state index contributed by atoms with van der Waals surface area (Å²) in [5.74, 6) is 1.65. The lowest BCUT2D eigenvalue weighted by molar-refractivity contribution is 0.279. The maximum absolute atomic E-state index is 9.04. The molecule has 1 aromatic carbocycles. The zero-order valence-electron chi connectivity index (χ0n) is 13.2. The fourth-order valence-electron chi connectivity index (χ4n) is 2.54. The van der Waals surface area contributed by atoms with Gasteiger partial charge in [-0.15, -0.1) is 0 Å². The number of aromatic nitrogens is 1. The molecule has 4 nitrogen and oxygen atoms in total. The molecule has 0 aliphatic rings. The van der Waals surface area contributed by atoms with E-state index in [2.05, 4.69) is 30.7 Å². The second-order valence-electron chi connectivity index (χ2n) is 5.15. The van der Waals surface area contributed by atoms with Gasteiger partial charge >= 0.3 is 0 Å². The van der Waals surface area contributed by atoms with Crippen molar-refractivity contribution in [1.29, 1.82) is 5.26 Å². The molecule has 2 aromatic rings. The monoisotopic (exact) mass is 298 g/mol. The van der Waals surface area contributed by atoms with Crippen molar-refractivity contribution in [2.24, 2.45) is 0 Å². The zero-order valence-corrected chi connectivity index (χ0v) is 13.2. The molecule has 1 heterocycles. The number of nitriles is 1. The van der Waals surface area contributed by atoms with Crippen LogP contribution in [0.4, 0.5) is 0 Å². The van der Waals surface area contributed by atoms with Crippen LogP contribution in [0.2, 0.25) is 0 Å². The molecule has 22 heavy (non-hydrogen) atoms. The molecule has 0 radical (unpaired) electrons. The molecule has 116 valence electrons. The van der Waals surface area contributed by atoms with Gasteiger partial charge in [0.15, 0.2) is 5.75 Å². The molecule has 0 aliphatic heterocycles. The van der Waals surface area contributed by atoms with Crippen LogP contribution in [-0.4, -0.2) is 16.3 Å². The normalized spacial score (nSPS) is 10.5. The molecule has 4 heteroatoms. The first-order chi connectivity index (χ1) is 10.7. The van der Waals surface area contributed by atoms with Crippen LogP contribution in [0.1, 0.15) is 37.1 Å². The van der Waals surface area contributed by atoms with Crippen LogP contribution in [0.3, 0.4) is 0 Å². The van der Waals surface area contributed by atoms with Gasteiger partial charge in [-0.05, 0) is 43.5 Å². The van der Waals surface area contributed by atoms with Crippen molar-refractivity contribution in [1.82, 2.24) is 4.57 Å². The largest absolute Gasteiger partial charge is 0.455 e. The molecule has 0 saturated heterocycles. The van der Waals surface area contributed by atoms with Gasteiger partial charge in [-0.3, -0.25) is 0 Å². The van der Waals surface area contributed by atoms with E-state index >= 15 is 0 Å². The summed E-state index contributed by atoms with van der Waals surface area (Å²) >= 11 is 0. The third-order valence-electron chi connectivity index (χ3n) is 3.69. The van der Waals surface area contributed by atoms with E-state index < -0.39 is 0 Å². The van der Waals surface area contributed by atoms with Crippen molar-refractivity contribution in [2.45, 2.75) is 39.7 Å². The highest BCUT2D eigenvalue weighted by Gasteiger charge is 2.15. The van der Waals surface area contributed by atoms with Gasteiger partial charge in [-0.25, -0.2) is 0 Å². The van der Waals surface area contributed by atoms with Crippen LogP contribution in [0.25, 0.3) is 0 Å². The Bertz CT molecular complexity index is 651. The molecule has 0 spiro atoms. The Kier molecular flexibility index (Phi) is 5.62. The number of hydrogen-bond donors (Lipinski definition) is 1. The Morgan fingerprint density at radius 1 is 1.18 bits per heavy atom. The number of rotatable bonds is 7. The molecule has 0 aliphatic carbocycles. The maximum Gasteiger partial charge on any atom is 0.151 e. The van der Waals surface area contributed by atoms with Crippen molar-refractivity contribution in [2.75, 3.05) is 6.61 Å². The predicted octanol–water partition coefficient (Wildman–Crippen LogP) is 3.66. The number of benzene rings is 1. The fourth-order valence-corrected chi connectivity index (χ4v) is 2.54. The minimum Gasteiger partial charge on any atom is -0.455 e. The Morgan fingerprint density at radius 3 is 2.45 bits per heavy atom. The fraction of sp³-hybridized carbons (Fsp3) is 0.389. The number of aryl methyl sites for hydroxylation is 2. The van der Waals surface area contributed by atoms with Crippen molar-refractivity contribution >= 4 is 0 Å². The highest BCUT2D eigenvalue weighted by atomic mass is 16.5. The van der Waals surface area contributed by atoms with Crippen LogP contribution < -0.4 is 4.74 Å². The molecule has 0 bridgehead atoms. The molecule has 0 unspecified atom stereocenters. The first kappa shape index (κ1) is 16.1. The second kappa shape index (κ2) is 7.67. The third-order valence-corrected chi connectivity index (χ3v) is 3.69. The van der Waals surface area contributed by atoms with Crippen LogP contribution in [-0.2, 0) is 19.4 Å². The molecule has 0 fully saturated rings. The van der Waals surface area contributed by atoms with Gasteiger partial charge in [0.25, 0.3) is 0 Å². The summed E-state index contributed by atoms with van der Waals surface area (Å²) in [5.41, 5.74) is 2.94. The van der Waals surface area contributed by atoms with Gasteiger partial charge in [0.2, 0.25) is 0 Å². The predicted molar refractivity (Wildman–Crippen MR) is 86.1 cm³/mol. The first-order valence-electron chi connectivity index (χ1n) is 7.73. The first-order valence-corrected chi connectivity index (χ1v) is 7.73. The van der Waals surface area contributed by atoms with E-state index in [1.165, 1.54) is 5.56 Å². The minimum atomic E-state index is 0.189. The molecular weight excluding hydrogens is 276 g/mol. The number of aliphatic hydroxyl groups is 1. The van der Waals surface area contributed by atoms with E-state index in [4.69, 9.17) is 15.1 Å². The average molecular weight is 298 g/mol. The van der Waals surface area contributed by atoms with E-state index in [9.17, 15) is 0 Å². The Hall–Kier alpha value is -2.25. The molecule has 2 rings (SSSR count). The lowest BCUT2D eigenvalue weighted by Crippen LogP contribution is -2.03. The van der Waals surface area contributed by atoms with Gasteiger partial charge in [0.1, 0.15) is 5.75 Å². The topological polar surface area (TPSA) is 58.2 Å². The summed E-state index contributed by atoms with van der Waals surface area (Å²) in [7, 11) is 0. The maximum atomic E-state index is 9.04. The molecular formula is C18H22N2O2. The standard InChI is InChI=1S/C18H22N2O2/c1-3-15-13-20(10-5-11-21)17(4-2)18(15)22-16-8-6-14(12-19)7-9-16/h6-9,13,21H,3-5,10-11H2,1-2H3. The third kappa shape index (κ3) is 3.49. The zero-order chi connectivity index (χ0) is 15.9. The van der Waals surface area contributed by atoms with Crippen LogP contribution in [0.15, 0.2) is 30.5 Å². The van der Waals surface area contributed by atoms with Crippen molar-refractivity contribution in [3.8, 4) is 17.6 Å². The number of nitrogens with zero attached hydrogens (tertiary/aromatic N) is 2. The summed E-state index contributed by atoms with van der Waals surface area (Å²) < 4.78 is 8.26. The van der Waals surface area contributed by atoms with Crippen molar-refractivity contribution in [3.63, 3.8) is 0 Å². The summed E-state index contributed by atoms with van der Waals surface area (Å²) in [5, 5.41) is 17.9. The number of aliphatic hydroxyl groups excluding tert-OH is 1. The van der Waals surface area contributed by atoms with E-state index in [-0.39, 0.29) is 6.61 Å². The van der Waals surface area contributed by atoms with E-state index in [1.54, 1.807) is 12.1 Å². The summed E-state index contributed by atoms with van der Waals surface area (Å²) in [6.07, 6.45) is 4.62. The molecule has 1 aromatic heterocycles. The van der Waals surface area contributed by atoms with Gasteiger partial charge in [0, 0.05) is 24.9 Å². The molecule has 0 saturated carbocycles. The molecule has 1 N–H and O–H groups in total. The molecule has 0 atom stereocenters. The van der Waals surface area contributed by atoms with E-state index in [0.717, 1.165) is 43.0 Å². The molecule has 0 amide bonds. The second-order valence-corrected chi connectivity index (χ2v) is 5.15. The van der Waals surface area contributed by atoms with E-state index in [1.807, 2.05) is 12.1 Å². The van der Waals surface area contributed by atoms with Gasteiger partial charge in [-0.2, -0.15) is 5.26 Å². The number of hydrogen-bond acceptors (Lipinski definition) is 3. The van der Waals surface area contributed by atoms with Crippen LogP contribution >= 0.6 is 0 Å². The summed E-state index contributed by atoms with van der Waals surface area (Å²) in [6, 6.07) is 9.27. The highest BCUT2D eigenvalue weighted by molar-refractivity contribution is 5.44. The summed E-state index contributed by atoms with van der Waals surface area (Å²) in [6.45, 7) is 5.20. The van der Waals surface area contributed by atoms with Gasteiger partial charge in [0.05, 0.1) is 17.3 Å². The highest BCUT2D eigenvalue weighted by Crippen LogP contribution is 2.32. The van der Waals surface area contributed by atoms with E-state index in [0.29, 0.717) is 5.56 Å². The van der Waals surface area contributed by atoms with Crippen molar-refractivity contribution in [3.05, 3.63) is 47.3 Å². The lowest BCUT2D eigenvalue weighted by Gasteiger charge is -2.11. The SMILES string of the molecule is CCc1cn(CCCO)c(CC)c1Oc1ccc(C#N)cc1. The van der Waals surface area contributed by atoms with Gasteiger partial charge in [-0.1, -0.05) is 13.8 Å². The van der Waals surface area contributed by atoms with Gasteiger partial charge < -0.3 is 14.4 Å². The lowest BCUT2D eigenvalue weighted by atomic mass is 10.2. The minimum absolute atomic E-state index is 0.189. The Balaban J connectivity index is 2.31. The number of ether oxygens (including phenoxy) is 1. The van der Waals surface area contributed by atoms with Crippen molar-refractivity contribution < 1.29 is 9.84 Å². The Morgan fingerprint density at radius 2 is 1.91 bits per heavy atom. The average Bonchev–Trinajstić information content (AvgIpc) is 2.90.